The Labute approximate surface area is 165 Å². The Hall–Kier alpha value is -3.23. The van der Waals surface area contributed by atoms with Gasteiger partial charge in [-0.15, -0.1) is 0 Å². The van der Waals surface area contributed by atoms with Crippen LogP contribution in [0.4, 0.5) is 11.5 Å². The van der Waals surface area contributed by atoms with E-state index in [-0.39, 0.29) is 24.8 Å². The van der Waals surface area contributed by atoms with E-state index in [0.29, 0.717) is 22.2 Å². The van der Waals surface area contributed by atoms with Crippen LogP contribution in [0.15, 0.2) is 54.6 Å². The smallest absolute Gasteiger partial charge is 0.269 e. The number of halogens is 1. The lowest BCUT2D eigenvalue weighted by Crippen LogP contribution is -2.20. The molecule has 28 heavy (non-hydrogen) atoms. The summed E-state index contributed by atoms with van der Waals surface area (Å²) >= 11 is 6.06. The minimum Gasteiger partial charge on any atom is -0.367 e. The minimum atomic E-state index is -0.475. The number of nitro groups is 1. The van der Waals surface area contributed by atoms with Gasteiger partial charge >= 0.3 is 0 Å². The van der Waals surface area contributed by atoms with Gasteiger partial charge in [-0.3, -0.25) is 14.9 Å². The first-order valence-electron chi connectivity index (χ1n) is 8.36. The number of benzene rings is 2. The molecule has 0 aliphatic carbocycles. The van der Waals surface area contributed by atoms with Crippen LogP contribution in [-0.2, 0) is 16.1 Å². The Morgan fingerprint density at radius 1 is 1.25 bits per heavy atom. The maximum Gasteiger partial charge on any atom is 0.269 e. The topological polar surface area (TPSA) is 99.3 Å². The van der Waals surface area contributed by atoms with E-state index in [9.17, 15) is 14.9 Å². The molecule has 1 heterocycles. The van der Waals surface area contributed by atoms with E-state index in [1.54, 1.807) is 31.2 Å². The van der Waals surface area contributed by atoms with Gasteiger partial charge in [-0.25, -0.2) is 4.68 Å². The van der Waals surface area contributed by atoms with Crippen molar-refractivity contribution >= 4 is 29.0 Å². The third-order valence-corrected chi connectivity index (χ3v) is 4.22. The summed E-state index contributed by atoms with van der Waals surface area (Å²) in [5, 5.41) is 18.4. The zero-order chi connectivity index (χ0) is 20.1. The molecule has 0 aliphatic heterocycles. The van der Waals surface area contributed by atoms with Gasteiger partial charge in [-0.2, -0.15) is 5.10 Å². The molecule has 9 heteroatoms. The van der Waals surface area contributed by atoms with Crippen LogP contribution in [0, 0.1) is 17.0 Å². The summed E-state index contributed by atoms with van der Waals surface area (Å²) in [7, 11) is 0. The van der Waals surface area contributed by atoms with E-state index in [2.05, 4.69) is 10.4 Å². The summed E-state index contributed by atoms with van der Waals surface area (Å²) in [6, 6.07) is 14.8. The van der Waals surface area contributed by atoms with Crippen molar-refractivity contribution < 1.29 is 14.5 Å². The summed E-state index contributed by atoms with van der Waals surface area (Å²) in [5.41, 5.74) is 2.05. The molecule has 3 rings (SSSR count). The number of ether oxygens (including phenoxy) is 1. The van der Waals surface area contributed by atoms with Crippen molar-refractivity contribution in [3.8, 4) is 5.69 Å². The normalized spacial score (nSPS) is 10.6. The Balaban J connectivity index is 1.65. The summed E-state index contributed by atoms with van der Waals surface area (Å²) in [6.07, 6.45) is 0. The van der Waals surface area contributed by atoms with E-state index in [1.165, 1.54) is 16.8 Å². The first kappa shape index (κ1) is 19.5. The lowest BCUT2D eigenvalue weighted by Gasteiger charge is -2.10. The molecule has 1 aromatic heterocycles. The van der Waals surface area contributed by atoms with Crippen molar-refractivity contribution in [2.24, 2.45) is 0 Å². The molecule has 0 aliphatic rings. The molecule has 0 bridgehead atoms. The van der Waals surface area contributed by atoms with E-state index in [1.807, 2.05) is 18.2 Å². The van der Waals surface area contributed by atoms with Crippen LogP contribution < -0.4 is 5.32 Å². The van der Waals surface area contributed by atoms with Gasteiger partial charge in [0.05, 0.1) is 22.9 Å². The Kier molecular flexibility index (Phi) is 6.03. The third-order valence-electron chi connectivity index (χ3n) is 3.85. The van der Waals surface area contributed by atoms with Crippen LogP contribution in [-0.4, -0.2) is 27.2 Å². The van der Waals surface area contributed by atoms with Gasteiger partial charge in [0, 0.05) is 23.2 Å². The average molecular weight is 401 g/mol. The first-order chi connectivity index (χ1) is 13.4. The Morgan fingerprint density at radius 3 is 2.64 bits per heavy atom. The average Bonchev–Trinajstić information content (AvgIpc) is 3.03. The molecular weight excluding hydrogens is 384 g/mol. The van der Waals surface area contributed by atoms with Gasteiger partial charge in [-0.1, -0.05) is 29.8 Å². The Bertz CT molecular complexity index is 1000. The highest BCUT2D eigenvalue weighted by atomic mass is 35.5. The summed E-state index contributed by atoms with van der Waals surface area (Å²) in [4.78, 5) is 22.5. The lowest BCUT2D eigenvalue weighted by atomic mass is 10.2. The van der Waals surface area contributed by atoms with Crippen LogP contribution in [0.5, 0.6) is 0 Å². The number of non-ortho nitro benzene ring substituents is 1. The SMILES string of the molecule is Cc1cc(NC(=O)COCc2ccccc2Cl)n(-c2ccc([N+](=O)[O-])cc2)n1. The predicted molar refractivity (Wildman–Crippen MR) is 105 cm³/mol. The van der Waals surface area contributed by atoms with Crippen molar-refractivity contribution in [2.75, 3.05) is 11.9 Å². The maximum absolute atomic E-state index is 12.2. The molecule has 0 atom stereocenters. The lowest BCUT2D eigenvalue weighted by molar-refractivity contribution is -0.384. The number of aryl methyl sites for hydroxylation is 1. The number of amides is 1. The molecule has 0 unspecified atom stereocenters. The molecule has 144 valence electrons. The standard InChI is InChI=1S/C19H17ClN4O4/c1-13-10-18(23(22-13)15-6-8-16(9-7-15)24(26)27)21-19(25)12-28-11-14-4-2-3-5-17(14)20/h2-10H,11-12H2,1H3,(H,21,25). The number of hydrogen-bond donors (Lipinski definition) is 1. The van der Waals surface area contributed by atoms with Crippen LogP contribution in [0.1, 0.15) is 11.3 Å². The number of carbonyl (C=O) groups is 1. The number of nitrogens with zero attached hydrogens (tertiary/aromatic N) is 3. The highest BCUT2D eigenvalue weighted by Crippen LogP contribution is 2.20. The van der Waals surface area contributed by atoms with Crippen molar-refractivity contribution in [3.63, 3.8) is 0 Å². The minimum absolute atomic E-state index is 0.0220. The fourth-order valence-corrected chi connectivity index (χ4v) is 2.74. The second-order valence-corrected chi connectivity index (χ2v) is 6.40. The van der Waals surface area contributed by atoms with Gasteiger partial charge in [-0.05, 0) is 30.7 Å². The number of carbonyl (C=O) groups excluding carboxylic acids is 1. The number of aromatic nitrogens is 2. The summed E-state index contributed by atoms with van der Waals surface area (Å²) < 4.78 is 6.93. The van der Waals surface area contributed by atoms with Gasteiger partial charge in [0.1, 0.15) is 12.4 Å². The van der Waals surface area contributed by atoms with Crippen LogP contribution in [0.2, 0.25) is 5.02 Å². The second-order valence-electron chi connectivity index (χ2n) is 5.99. The molecule has 1 amide bonds. The van der Waals surface area contributed by atoms with Crippen molar-refractivity contribution in [1.29, 1.82) is 0 Å². The zero-order valence-electron chi connectivity index (χ0n) is 15.0. The van der Waals surface area contributed by atoms with E-state index in [0.717, 1.165) is 5.56 Å². The number of hydrogen-bond acceptors (Lipinski definition) is 5. The number of nitro benzene ring substituents is 1. The fourth-order valence-electron chi connectivity index (χ4n) is 2.55. The predicted octanol–water partition coefficient (Wildman–Crippen LogP) is 3.90. The van der Waals surface area contributed by atoms with Crippen LogP contribution in [0.25, 0.3) is 5.69 Å². The van der Waals surface area contributed by atoms with E-state index < -0.39 is 4.92 Å². The molecule has 8 nitrogen and oxygen atoms in total. The molecule has 0 spiro atoms. The monoisotopic (exact) mass is 400 g/mol. The second kappa shape index (κ2) is 8.64. The van der Waals surface area contributed by atoms with Crippen molar-refractivity contribution in [2.45, 2.75) is 13.5 Å². The molecule has 0 saturated carbocycles. The third kappa shape index (κ3) is 4.73. The Morgan fingerprint density at radius 2 is 1.96 bits per heavy atom. The molecule has 0 saturated heterocycles. The highest BCUT2D eigenvalue weighted by molar-refractivity contribution is 6.31. The molecule has 0 fully saturated rings. The maximum atomic E-state index is 12.2. The van der Waals surface area contributed by atoms with Crippen LogP contribution in [0.3, 0.4) is 0 Å². The fraction of sp³-hybridized carbons (Fsp3) is 0.158. The van der Waals surface area contributed by atoms with Crippen LogP contribution >= 0.6 is 11.6 Å². The number of nitrogens with one attached hydrogen (secondary N) is 1. The zero-order valence-corrected chi connectivity index (χ0v) is 15.7. The first-order valence-corrected chi connectivity index (χ1v) is 8.74. The van der Waals surface area contributed by atoms with E-state index >= 15 is 0 Å². The summed E-state index contributed by atoms with van der Waals surface area (Å²) in [5.74, 6) is 0.0906. The van der Waals surface area contributed by atoms with Gasteiger partial charge in [0.2, 0.25) is 0 Å². The van der Waals surface area contributed by atoms with E-state index in [4.69, 9.17) is 16.3 Å². The summed E-state index contributed by atoms with van der Waals surface area (Å²) in [6.45, 7) is 1.84. The largest absolute Gasteiger partial charge is 0.367 e. The quantitative estimate of drug-likeness (QED) is 0.479. The molecule has 1 N–H and O–H groups in total. The number of rotatable bonds is 7. The molecular formula is C19H17ClN4O4. The van der Waals surface area contributed by atoms with Crippen molar-refractivity contribution in [1.82, 2.24) is 9.78 Å². The molecule has 2 aromatic carbocycles. The highest BCUT2D eigenvalue weighted by Gasteiger charge is 2.13. The molecule has 0 radical (unpaired) electrons. The van der Waals surface area contributed by atoms with Gasteiger partial charge in [0.15, 0.2) is 0 Å². The van der Waals surface area contributed by atoms with Gasteiger partial charge in [0.25, 0.3) is 11.6 Å². The van der Waals surface area contributed by atoms with Crippen molar-refractivity contribution in [3.05, 3.63) is 81.0 Å². The van der Waals surface area contributed by atoms with Gasteiger partial charge < -0.3 is 10.1 Å². The molecule has 3 aromatic rings. The number of anilines is 1.